The molecule has 1 aliphatic carbocycles. The highest BCUT2D eigenvalue weighted by Gasteiger charge is 2.34. The highest BCUT2D eigenvalue weighted by atomic mass is 32.2. The smallest absolute Gasteiger partial charge is 0.341 e. The van der Waals surface area contributed by atoms with Gasteiger partial charge in [0.2, 0.25) is 5.91 Å². The lowest BCUT2D eigenvalue weighted by Crippen LogP contribution is -2.26. The minimum Gasteiger partial charge on any atom is -0.465 e. The van der Waals surface area contributed by atoms with E-state index < -0.39 is 0 Å². The number of hydrogen-bond donors (Lipinski definition) is 1. The number of carbonyl (C=O) groups excluding carboxylic acids is 2. The first-order chi connectivity index (χ1) is 13.6. The molecule has 8 heteroatoms. The van der Waals surface area contributed by atoms with E-state index in [0.717, 1.165) is 30.0 Å². The van der Waals surface area contributed by atoms with E-state index in [-0.39, 0.29) is 22.5 Å². The molecule has 2 heterocycles. The summed E-state index contributed by atoms with van der Waals surface area (Å²) < 4.78 is 6.92. The van der Waals surface area contributed by atoms with Crippen molar-refractivity contribution in [1.29, 1.82) is 0 Å². The van der Waals surface area contributed by atoms with Gasteiger partial charge in [-0.05, 0) is 43.1 Å². The minimum absolute atomic E-state index is 0.144. The summed E-state index contributed by atoms with van der Waals surface area (Å²) in [6, 6.07) is 0. The van der Waals surface area contributed by atoms with Gasteiger partial charge in [-0.2, -0.15) is 0 Å². The number of rotatable bonds is 5. The Morgan fingerprint density at radius 2 is 2.14 bits per heavy atom. The molecular weight excluding hydrogens is 406 g/mol. The van der Waals surface area contributed by atoms with Crippen LogP contribution in [0.15, 0.2) is 17.6 Å². The lowest BCUT2D eigenvalue weighted by atomic mass is 9.72. The number of aryl methyl sites for hydroxylation is 1. The van der Waals surface area contributed by atoms with Gasteiger partial charge in [-0.3, -0.25) is 4.79 Å². The zero-order chi connectivity index (χ0) is 21.3. The van der Waals surface area contributed by atoms with Crippen LogP contribution >= 0.6 is 23.1 Å². The topological polar surface area (TPSA) is 73.2 Å². The summed E-state index contributed by atoms with van der Waals surface area (Å²) >= 11 is 2.91. The average molecular weight is 436 g/mol. The number of anilines is 1. The van der Waals surface area contributed by atoms with Crippen molar-refractivity contribution in [3.63, 3.8) is 0 Å². The van der Waals surface area contributed by atoms with Crippen LogP contribution in [0.2, 0.25) is 0 Å². The largest absolute Gasteiger partial charge is 0.465 e. The molecule has 1 aliphatic rings. The van der Waals surface area contributed by atoms with E-state index in [1.165, 1.54) is 35.1 Å². The van der Waals surface area contributed by atoms with Crippen molar-refractivity contribution in [3.8, 4) is 0 Å². The van der Waals surface area contributed by atoms with Gasteiger partial charge in [-0.15, -0.1) is 11.3 Å². The van der Waals surface area contributed by atoms with Gasteiger partial charge in [-0.1, -0.05) is 32.5 Å². The van der Waals surface area contributed by atoms with Crippen molar-refractivity contribution < 1.29 is 14.3 Å². The van der Waals surface area contributed by atoms with E-state index in [4.69, 9.17) is 4.74 Å². The molecule has 2 aromatic heterocycles. The first kappa shape index (κ1) is 21.9. The first-order valence-electron chi connectivity index (χ1n) is 9.79. The summed E-state index contributed by atoms with van der Waals surface area (Å²) in [5.41, 5.74) is 1.79. The number of methoxy groups -OCH3 is 1. The number of nitrogens with zero attached hydrogens (tertiary/aromatic N) is 2. The number of thioether (sulfide) groups is 1. The zero-order valence-corrected chi connectivity index (χ0v) is 19.5. The van der Waals surface area contributed by atoms with Crippen LogP contribution in [0.25, 0.3) is 0 Å². The molecule has 158 valence electrons. The van der Waals surface area contributed by atoms with Crippen LogP contribution < -0.4 is 5.32 Å². The molecule has 0 radical (unpaired) electrons. The average Bonchev–Trinajstić information content (AvgIpc) is 3.22. The standard InChI is InChI=1S/C21H29N3O3S2/c1-12(28-20-22-9-10-24(20)5)17(25)23-18-16(19(26)27-6)14-8-7-13(21(2,3)4)11-15(14)29-18/h9-10,12-13H,7-8,11H2,1-6H3,(H,23,25). The molecule has 0 spiro atoms. The van der Waals surface area contributed by atoms with Gasteiger partial charge in [0.1, 0.15) is 5.00 Å². The summed E-state index contributed by atoms with van der Waals surface area (Å²) in [5.74, 6) is 0.0335. The normalized spacial score (nSPS) is 17.5. The van der Waals surface area contributed by atoms with Crippen LogP contribution in [0.5, 0.6) is 0 Å². The molecule has 2 aromatic rings. The maximum Gasteiger partial charge on any atom is 0.341 e. The Kier molecular flexibility index (Phi) is 6.43. The Morgan fingerprint density at radius 1 is 1.41 bits per heavy atom. The number of fused-ring (bicyclic) bond motifs is 1. The minimum atomic E-state index is -0.378. The number of hydrogen-bond acceptors (Lipinski definition) is 6. The van der Waals surface area contributed by atoms with Gasteiger partial charge in [0.05, 0.1) is 17.9 Å². The number of amides is 1. The second kappa shape index (κ2) is 8.52. The fourth-order valence-electron chi connectivity index (χ4n) is 3.62. The van der Waals surface area contributed by atoms with Crippen molar-refractivity contribution in [2.75, 3.05) is 12.4 Å². The molecule has 0 saturated carbocycles. The molecule has 0 fully saturated rings. The van der Waals surface area contributed by atoms with E-state index in [1.54, 1.807) is 6.20 Å². The number of nitrogens with one attached hydrogen (secondary N) is 1. The van der Waals surface area contributed by atoms with E-state index in [2.05, 4.69) is 31.1 Å². The van der Waals surface area contributed by atoms with Gasteiger partial charge in [0.25, 0.3) is 0 Å². The highest BCUT2D eigenvalue weighted by molar-refractivity contribution is 8.00. The number of imidazole rings is 1. The van der Waals surface area contributed by atoms with Gasteiger partial charge in [0.15, 0.2) is 5.16 Å². The number of carbonyl (C=O) groups is 2. The fourth-order valence-corrected chi connectivity index (χ4v) is 5.77. The number of aromatic nitrogens is 2. The molecule has 0 saturated heterocycles. The Hall–Kier alpha value is -1.80. The summed E-state index contributed by atoms with van der Waals surface area (Å²) in [5, 5.41) is 4.03. The molecule has 0 aromatic carbocycles. The van der Waals surface area contributed by atoms with Gasteiger partial charge in [0, 0.05) is 24.3 Å². The van der Waals surface area contributed by atoms with Crippen molar-refractivity contribution >= 4 is 40.0 Å². The fraction of sp³-hybridized carbons (Fsp3) is 0.571. The number of thiophene rings is 1. The second-order valence-corrected chi connectivity index (χ2v) is 11.0. The third-order valence-electron chi connectivity index (χ3n) is 5.54. The Balaban J connectivity index is 1.83. The summed E-state index contributed by atoms with van der Waals surface area (Å²) in [6.45, 7) is 8.62. The maximum atomic E-state index is 12.8. The van der Waals surface area contributed by atoms with Crippen molar-refractivity contribution in [2.24, 2.45) is 18.4 Å². The molecule has 0 aliphatic heterocycles. The molecule has 6 nitrogen and oxygen atoms in total. The van der Waals surface area contributed by atoms with Crippen LogP contribution in [0, 0.1) is 11.3 Å². The van der Waals surface area contributed by atoms with Crippen LogP contribution in [-0.4, -0.2) is 33.8 Å². The SMILES string of the molecule is COC(=O)c1c(NC(=O)C(C)Sc2nccn2C)sc2c1CCC(C(C)(C)C)C2. The summed E-state index contributed by atoms with van der Waals surface area (Å²) in [4.78, 5) is 30.8. The Bertz CT molecular complexity index is 911. The predicted octanol–water partition coefficient (Wildman–Crippen LogP) is 4.54. The quantitative estimate of drug-likeness (QED) is 0.551. The van der Waals surface area contributed by atoms with Crippen molar-refractivity contribution in [1.82, 2.24) is 9.55 Å². The molecule has 2 atom stereocenters. The van der Waals surface area contributed by atoms with Crippen LogP contribution in [0.3, 0.4) is 0 Å². The molecule has 0 bridgehead atoms. The monoisotopic (exact) mass is 435 g/mol. The Morgan fingerprint density at radius 3 is 2.72 bits per heavy atom. The predicted molar refractivity (Wildman–Crippen MR) is 118 cm³/mol. The van der Waals surface area contributed by atoms with Crippen LogP contribution in [-0.2, 0) is 29.4 Å². The third-order valence-corrected chi connectivity index (χ3v) is 7.89. The van der Waals surface area contributed by atoms with E-state index in [0.29, 0.717) is 16.5 Å². The molecular formula is C21H29N3O3S2. The van der Waals surface area contributed by atoms with E-state index >= 15 is 0 Å². The lowest BCUT2D eigenvalue weighted by molar-refractivity contribution is -0.115. The van der Waals surface area contributed by atoms with E-state index in [1.807, 2.05) is 24.7 Å². The second-order valence-electron chi connectivity index (χ2n) is 8.58. The molecule has 2 unspecified atom stereocenters. The molecule has 3 rings (SSSR count). The third kappa shape index (κ3) is 4.69. The molecule has 29 heavy (non-hydrogen) atoms. The maximum absolute atomic E-state index is 12.8. The van der Waals surface area contributed by atoms with Crippen LogP contribution in [0.1, 0.15) is 54.9 Å². The molecule has 1 amide bonds. The van der Waals surface area contributed by atoms with Gasteiger partial charge < -0.3 is 14.6 Å². The summed E-state index contributed by atoms with van der Waals surface area (Å²) in [6.07, 6.45) is 6.37. The number of ether oxygens (including phenoxy) is 1. The first-order valence-corrected chi connectivity index (χ1v) is 11.5. The zero-order valence-electron chi connectivity index (χ0n) is 17.9. The van der Waals surface area contributed by atoms with Crippen molar-refractivity contribution in [2.45, 2.75) is 57.4 Å². The highest BCUT2D eigenvalue weighted by Crippen LogP contribution is 2.44. The summed E-state index contributed by atoms with van der Waals surface area (Å²) in [7, 11) is 3.28. The van der Waals surface area contributed by atoms with Crippen molar-refractivity contribution in [3.05, 3.63) is 28.4 Å². The Labute approximate surface area is 180 Å². The molecule has 1 N–H and O–H groups in total. The van der Waals surface area contributed by atoms with Crippen LogP contribution in [0.4, 0.5) is 5.00 Å². The number of esters is 1. The van der Waals surface area contributed by atoms with E-state index in [9.17, 15) is 9.59 Å². The van der Waals surface area contributed by atoms with Gasteiger partial charge in [-0.25, -0.2) is 9.78 Å². The van der Waals surface area contributed by atoms with Gasteiger partial charge >= 0.3 is 5.97 Å². The lowest BCUT2D eigenvalue weighted by Gasteiger charge is -2.33.